The van der Waals surface area contributed by atoms with Crippen molar-refractivity contribution in [1.29, 1.82) is 0 Å². The molecule has 104 valence electrons. The van der Waals surface area contributed by atoms with E-state index >= 15 is 0 Å². The summed E-state index contributed by atoms with van der Waals surface area (Å²) in [6.45, 7) is 1.10. The van der Waals surface area contributed by atoms with Gasteiger partial charge in [0.1, 0.15) is 5.54 Å². The smallest absolute Gasteiger partial charge is 0.416 e. The Balaban J connectivity index is 3.32. The second kappa shape index (κ2) is 4.79. The van der Waals surface area contributed by atoms with Crippen molar-refractivity contribution in [2.24, 2.45) is 5.73 Å². The van der Waals surface area contributed by atoms with Gasteiger partial charge in [-0.3, -0.25) is 4.79 Å². The lowest BCUT2D eigenvalue weighted by Gasteiger charge is -2.27. The lowest BCUT2D eigenvalue weighted by atomic mass is 9.90. The predicted molar refractivity (Wildman–Crippen MR) is 59.2 cm³/mol. The zero-order valence-corrected chi connectivity index (χ0v) is 9.78. The molecule has 0 unspecified atom stereocenters. The summed E-state index contributed by atoms with van der Waals surface area (Å²) < 4.78 is 37.7. The van der Waals surface area contributed by atoms with Crippen LogP contribution in [-0.2, 0) is 16.5 Å². The first-order valence-electron chi connectivity index (χ1n) is 5.06. The highest BCUT2D eigenvalue weighted by atomic mass is 19.4. The van der Waals surface area contributed by atoms with Gasteiger partial charge in [-0.2, -0.15) is 13.2 Å². The molecule has 0 saturated carbocycles. The number of carbonyl (C=O) groups is 2. The topological polar surface area (TPSA) is 92.4 Å². The van der Waals surface area contributed by atoms with E-state index in [-0.39, 0.29) is 5.56 Å². The number of hydrogen-bond donors (Lipinski definition) is 3. The fraction of sp³-hybridized carbons (Fsp3) is 0.273. The zero-order chi connectivity index (χ0) is 14.8. The summed E-state index contributed by atoms with van der Waals surface area (Å²) >= 11 is 0. The number of amides is 2. The minimum atomic E-state index is -4.60. The first kappa shape index (κ1) is 14.8. The van der Waals surface area contributed by atoms with Crippen molar-refractivity contribution in [2.75, 3.05) is 0 Å². The van der Waals surface area contributed by atoms with E-state index in [9.17, 15) is 22.8 Å². The Morgan fingerprint density at radius 2 is 1.79 bits per heavy atom. The van der Waals surface area contributed by atoms with E-state index < -0.39 is 29.3 Å². The maximum absolute atomic E-state index is 12.6. The Labute approximate surface area is 106 Å². The Bertz CT molecular complexity index is 516. The second-order valence-corrected chi connectivity index (χ2v) is 4.00. The lowest BCUT2D eigenvalue weighted by molar-refractivity contribution is -0.137. The lowest BCUT2D eigenvalue weighted by Crippen LogP contribution is -2.52. The van der Waals surface area contributed by atoms with E-state index in [0.717, 1.165) is 19.1 Å². The van der Waals surface area contributed by atoms with Gasteiger partial charge in [0.25, 0.3) is 0 Å². The van der Waals surface area contributed by atoms with Crippen molar-refractivity contribution < 1.29 is 27.9 Å². The standard InChI is InChI=1S/C11H11F3N2O3/c1-10(8(15)17,16-9(18)19)6-3-2-4-7(5-6)11(12,13)14/h2-5,16H,1H3,(H2,15,17)(H,18,19)/t10-/m1/s1. The molecule has 0 fully saturated rings. The fourth-order valence-electron chi connectivity index (χ4n) is 1.50. The predicted octanol–water partition coefficient (Wildman–Crippen LogP) is 1.67. The molecule has 1 rings (SSSR count). The summed E-state index contributed by atoms with van der Waals surface area (Å²) in [5.41, 5.74) is 1.95. The molecule has 0 aliphatic rings. The normalized spacial score (nSPS) is 14.5. The molecular weight excluding hydrogens is 265 g/mol. The maximum Gasteiger partial charge on any atom is 0.416 e. The highest BCUT2D eigenvalue weighted by molar-refractivity contribution is 5.89. The van der Waals surface area contributed by atoms with Crippen LogP contribution in [-0.4, -0.2) is 17.1 Å². The van der Waals surface area contributed by atoms with Gasteiger partial charge in [0, 0.05) is 0 Å². The fourth-order valence-corrected chi connectivity index (χ4v) is 1.50. The molecule has 0 radical (unpaired) electrons. The van der Waals surface area contributed by atoms with Gasteiger partial charge in [-0.25, -0.2) is 4.79 Å². The van der Waals surface area contributed by atoms with Crippen LogP contribution in [0.5, 0.6) is 0 Å². The Morgan fingerprint density at radius 1 is 1.26 bits per heavy atom. The number of rotatable bonds is 3. The molecule has 1 aromatic rings. The number of primary amides is 1. The molecule has 0 heterocycles. The van der Waals surface area contributed by atoms with Crippen LogP contribution in [0.4, 0.5) is 18.0 Å². The van der Waals surface area contributed by atoms with Gasteiger partial charge < -0.3 is 16.2 Å². The Hall–Kier alpha value is -2.25. The number of carboxylic acid groups (broad SMARTS) is 1. The Morgan fingerprint density at radius 3 is 2.21 bits per heavy atom. The van der Waals surface area contributed by atoms with Crippen molar-refractivity contribution in [1.82, 2.24) is 5.32 Å². The highest BCUT2D eigenvalue weighted by Crippen LogP contribution is 2.32. The number of carbonyl (C=O) groups excluding carboxylic acids is 1. The monoisotopic (exact) mass is 276 g/mol. The van der Waals surface area contributed by atoms with Gasteiger partial charge in [-0.1, -0.05) is 12.1 Å². The van der Waals surface area contributed by atoms with E-state index in [1.165, 1.54) is 6.07 Å². The molecule has 8 heteroatoms. The average Bonchev–Trinajstić information content (AvgIpc) is 2.26. The van der Waals surface area contributed by atoms with Crippen molar-refractivity contribution in [2.45, 2.75) is 18.6 Å². The summed E-state index contributed by atoms with van der Waals surface area (Å²) in [5.74, 6) is -1.10. The largest absolute Gasteiger partial charge is 0.465 e. The van der Waals surface area contributed by atoms with Gasteiger partial charge >= 0.3 is 12.3 Å². The van der Waals surface area contributed by atoms with Gasteiger partial charge in [0.05, 0.1) is 5.56 Å². The number of alkyl halides is 3. The maximum atomic E-state index is 12.6. The van der Waals surface area contributed by atoms with Crippen LogP contribution in [0.15, 0.2) is 24.3 Å². The number of benzene rings is 1. The molecule has 0 aromatic heterocycles. The molecule has 0 aliphatic heterocycles. The van der Waals surface area contributed by atoms with Crippen molar-refractivity contribution in [3.63, 3.8) is 0 Å². The van der Waals surface area contributed by atoms with Crippen molar-refractivity contribution >= 4 is 12.0 Å². The summed E-state index contributed by atoms with van der Waals surface area (Å²) in [6.07, 6.45) is -6.17. The minimum absolute atomic E-state index is 0.183. The molecule has 2 amide bonds. The number of halogens is 3. The quantitative estimate of drug-likeness (QED) is 0.784. The van der Waals surface area contributed by atoms with Crippen LogP contribution in [0, 0.1) is 0 Å². The van der Waals surface area contributed by atoms with Crippen LogP contribution in [0.3, 0.4) is 0 Å². The molecule has 5 nitrogen and oxygen atoms in total. The minimum Gasteiger partial charge on any atom is -0.465 e. The SMILES string of the molecule is C[C@](NC(=O)O)(C(N)=O)c1cccc(C(F)(F)F)c1. The summed E-state index contributed by atoms with van der Waals surface area (Å²) in [4.78, 5) is 22.0. The third kappa shape index (κ3) is 3.15. The summed E-state index contributed by atoms with van der Waals surface area (Å²) in [5, 5.41) is 10.5. The van der Waals surface area contributed by atoms with E-state index in [4.69, 9.17) is 10.8 Å². The molecule has 0 aliphatic carbocycles. The third-order valence-electron chi connectivity index (χ3n) is 2.62. The molecular formula is C11H11F3N2O3. The van der Waals surface area contributed by atoms with Gasteiger partial charge in [0.2, 0.25) is 5.91 Å². The first-order valence-corrected chi connectivity index (χ1v) is 5.06. The first-order chi connectivity index (χ1) is 8.57. The van der Waals surface area contributed by atoms with Crippen molar-refractivity contribution in [3.05, 3.63) is 35.4 Å². The zero-order valence-electron chi connectivity index (χ0n) is 9.78. The molecule has 4 N–H and O–H groups in total. The van der Waals surface area contributed by atoms with E-state index in [1.807, 2.05) is 5.32 Å². The Kier molecular flexibility index (Phi) is 3.73. The van der Waals surface area contributed by atoms with Crippen molar-refractivity contribution in [3.8, 4) is 0 Å². The van der Waals surface area contributed by atoms with Gasteiger partial charge in [-0.05, 0) is 24.6 Å². The third-order valence-corrected chi connectivity index (χ3v) is 2.62. The number of nitrogens with one attached hydrogen (secondary N) is 1. The molecule has 0 saturated heterocycles. The van der Waals surface area contributed by atoms with Gasteiger partial charge in [-0.15, -0.1) is 0 Å². The molecule has 1 aromatic carbocycles. The van der Waals surface area contributed by atoms with Crippen LogP contribution in [0.25, 0.3) is 0 Å². The average molecular weight is 276 g/mol. The van der Waals surface area contributed by atoms with E-state index in [1.54, 1.807) is 0 Å². The molecule has 0 spiro atoms. The number of hydrogen-bond acceptors (Lipinski definition) is 2. The molecule has 0 bridgehead atoms. The van der Waals surface area contributed by atoms with Gasteiger partial charge in [0.15, 0.2) is 0 Å². The van der Waals surface area contributed by atoms with Crippen LogP contribution < -0.4 is 11.1 Å². The molecule has 1 atom stereocenters. The second-order valence-electron chi connectivity index (χ2n) is 4.00. The summed E-state index contributed by atoms with van der Waals surface area (Å²) in [7, 11) is 0. The van der Waals surface area contributed by atoms with E-state index in [2.05, 4.69) is 0 Å². The van der Waals surface area contributed by atoms with E-state index in [0.29, 0.717) is 6.07 Å². The highest BCUT2D eigenvalue weighted by Gasteiger charge is 2.38. The number of nitrogens with two attached hydrogens (primary N) is 1. The summed E-state index contributed by atoms with van der Waals surface area (Å²) in [6, 6.07) is 3.76. The molecule has 19 heavy (non-hydrogen) atoms. The van der Waals surface area contributed by atoms with Crippen LogP contribution in [0.1, 0.15) is 18.1 Å². The van der Waals surface area contributed by atoms with Crippen LogP contribution >= 0.6 is 0 Å². The van der Waals surface area contributed by atoms with Crippen LogP contribution in [0.2, 0.25) is 0 Å².